The Morgan fingerprint density at radius 1 is 1.00 bits per heavy atom. The van der Waals surface area contributed by atoms with E-state index < -0.39 is 31.0 Å². The molecule has 0 saturated carbocycles. The molecule has 0 aromatic heterocycles. The van der Waals surface area contributed by atoms with Crippen molar-refractivity contribution in [3.63, 3.8) is 0 Å². The van der Waals surface area contributed by atoms with Crippen molar-refractivity contribution in [2.24, 2.45) is 0 Å². The van der Waals surface area contributed by atoms with Crippen LogP contribution in [0.5, 0.6) is 0 Å². The average molecular weight is 246 g/mol. The van der Waals surface area contributed by atoms with Crippen molar-refractivity contribution in [1.29, 1.82) is 0 Å². The molecule has 0 N–H and O–H groups in total. The minimum Gasteiger partial charge on any atom is -0.309 e. The monoisotopic (exact) mass is 246 g/mol. The highest BCUT2D eigenvalue weighted by Crippen LogP contribution is 2.36. The molecule has 0 aromatic carbocycles. The van der Waals surface area contributed by atoms with Gasteiger partial charge in [-0.25, -0.2) is 17.6 Å². The molecule has 0 radical (unpaired) electrons. The van der Waals surface area contributed by atoms with Crippen molar-refractivity contribution < 1.29 is 39.9 Å². The van der Waals surface area contributed by atoms with Crippen LogP contribution < -0.4 is 0 Å². The summed E-state index contributed by atoms with van der Waals surface area (Å²) in [7, 11) is 0. The number of halogens is 8. The summed E-state index contributed by atoms with van der Waals surface area (Å²) in [6, 6.07) is 0. The van der Waals surface area contributed by atoms with Crippen molar-refractivity contribution >= 4 is 0 Å². The van der Waals surface area contributed by atoms with Crippen molar-refractivity contribution in [2.75, 3.05) is 6.61 Å². The molecule has 0 unspecified atom stereocenters. The second-order valence-corrected chi connectivity index (χ2v) is 2.74. The van der Waals surface area contributed by atoms with E-state index in [0.29, 0.717) is 0 Å². The van der Waals surface area contributed by atoms with Gasteiger partial charge in [0.1, 0.15) is 6.61 Å². The van der Waals surface area contributed by atoms with E-state index in [-0.39, 0.29) is 6.92 Å². The Morgan fingerprint density at radius 3 is 1.67 bits per heavy atom. The van der Waals surface area contributed by atoms with Crippen LogP contribution in [0.25, 0.3) is 0 Å². The van der Waals surface area contributed by atoms with Gasteiger partial charge in [0.2, 0.25) is 0 Å². The molecule has 0 fully saturated rings. The summed E-state index contributed by atoms with van der Waals surface area (Å²) in [4.78, 5) is 0. The molecule has 0 aliphatic heterocycles. The Kier molecular flexibility index (Phi) is 3.94. The maximum atomic E-state index is 12.3. The fourth-order valence-electron chi connectivity index (χ4n) is 0.377. The molecule has 0 aliphatic rings. The third kappa shape index (κ3) is 3.80. The van der Waals surface area contributed by atoms with E-state index in [0.717, 1.165) is 0 Å². The van der Waals surface area contributed by atoms with Crippen LogP contribution >= 0.6 is 0 Å². The third-order valence-electron chi connectivity index (χ3n) is 1.34. The number of hydrogen-bond donors (Lipinski definition) is 0. The number of rotatable bonds is 5. The molecule has 0 aliphatic carbocycles. The van der Waals surface area contributed by atoms with Gasteiger partial charge in [-0.15, -0.1) is 0 Å². The lowest BCUT2D eigenvalue weighted by Crippen LogP contribution is -2.45. The molecule has 15 heavy (non-hydrogen) atoms. The zero-order chi connectivity index (χ0) is 12.5. The molecule has 92 valence electrons. The molecule has 0 amide bonds. The molecule has 0 aromatic rings. The topological polar surface area (TPSA) is 9.23 Å². The Labute approximate surface area is 79.0 Å². The van der Waals surface area contributed by atoms with E-state index >= 15 is 0 Å². The first kappa shape index (κ1) is 14.4. The highest BCUT2D eigenvalue weighted by molar-refractivity contribution is 4.80. The third-order valence-corrected chi connectivity index (χ3v) is 1.34. The molecule has 0 atom stereocenters. The Balaban J connectivity index is 4.40. The van der Waals surface area contributed by atoms with Crippen LogP contribution in [0.3, 0.4) is 0 Å². The van der Waals surface area contributed by atoms with Crippen LogP contribution in [0.1, 0.15) is 6.92 Å². The molecule has 0 rings (SSSR count). The van der Waals surface area contributed by atoms with Gasteiger partial charge in [-0.2, -0.15) is 17.6 Å². The highest BCUT2D eigenvalue weighted by Gasteiger charge is 2.55. The first-order valence-corrected chi connectivity index (χ1v) is 3.46. The lowest BCUT2D eigenvalue weighted by molar-refractivity contribution is -0.334. The van der Waals surface area contributed by atoms with E-state index in [2.05, 4.69) is 4.74 Å². The first-order valence-electron chi connectivity index (χ1n) is 3.46. The zero-order valence-electron chi connectivity index (χ0n) is 7.22. The van der Waals surface area contributed by atoms with Crippen LogP contribution in [0.15, 0.2) is 0 Å². The Morgan fingerprint density at radius 2 is 1.40 bits per heavy atom. The van der Waals surface area contributed by atoms with E-state index in [1.807, 2.05) is 0 Å². The summed E-state index contributed by atoms with van der Waals surface area (Å²) in [5, 5.41) is 0. The lowest BCUT2D eigenvalue weighted by Gasteiger charge is -2.25. The maximum absolute atomic E-state index is 12.3. The summed E-state index contributed by atoms with van der Waals surface area (Å²) >= 11 is 0. The summed E-state index contributed by atoms with van der Waals surface area (Å²) in [5.74, 6) is -9.57. The SMILES string of the molecule is CC(F)(F)C(F)(F)COC(F)(F)C(F)F. The number of ether oxygens (including phenoxy) is 1. The van der Waals surface area contributed by atoms with Gasteiger partial charge >= 0.3 is 24.4 Å². The summed E-state index contributed by atoms with van der Waals surface area (Å²) in [6.07, 6.45) is -9.53. The predicted octanol–water partition coefficient (Wildman–Crippen LogP) is 3.15. The second kappa shape index (κ2) is 4.11. The predicted molar refractivity (Wildman–Crippen MR) is 32.5 cm³/mol. The average Bonchev–Trinajstić information content (AvgIpc) is 1.99. The van der Waals surface area contributed by atoms with Gasteiger partial charge in [0.15, 0.2) is 0 Å². The summed E-state index contributed by atoms with van der Waals surface area (Å²) in [6.45, 7) is -2.73. The number of hydrogen-bond acceptors (Lipinski definition) is 1. The van der Waals surface area contributed by atoms with Crippen molar-refractivity contribution in [2.45, 2.75) is 31.3 Å². The first-order chi connectivity index (χ1) is 6.40. The molecular formula is C6H6F8O. The second-order valence-electron chi connectivity index (χ2n) is 2.74. The van der Waals surface area contributed by atoms with Crippen LogP contribution in [0.2, 0.25) is 0 Å². The zero-order valence-corrected chi connectivity index (χ0v) is 7.22. The smallest absolute Gasteiger partial charge is 0.309 e. The fourth-order valence-corrected chi connectivity index (χ4v) is 0.377. The molecule has 0 saturated heterocycles. The molecule has 0 bridgehead atoms. The minimum atomic E-state index is -5.17. The van der Waals surface area contributed by atoms with Gasteiger partial charge in [-0.05, 0) is 0 Å². The summed E-state index contributed by atoms with van der Waals surface area (Å²) < 4.78 is 97.9. The van der Waals surface area contributed by atoms with Gasteiger partial charge < -0.3 is 4.74 Å². The molecule has 1 nitrogen and oxygen atoms in total. The molecule has 0 heterocycles. The van der Waals surface area contributed by atoms with E-state index in [9.17, 15) is 35.1 Å². The summed E-state index contributed by atoms with van der Waals surface area (Å²) in [5.41, 5.74) is 0. The van der Waals surface area contributed by atoms with Crippen LogP contribution in [-0.2, 0) is 4.74 Å². The fraction of sp³-hybridized carbons (Fsp3) is 1.00. The van der Waals surface area contributed by atoms with E-state index in [1.165, 1.54) is 0 Å². The highest BCUT2D eigenvalue weighted by atomic mass is 19.3. The molecule has 0 spiro atoms. The normalized spacial score (nSPS) is 14.8. The quantitative estimate of drug-likeness (QED) is 0.677. The molecular weight excluding hydrogens is 240 g/mol. The molecule has 9 heteroatoms. The van der Waals surface area contributed by atoms with Crippen LogP contribution in [-0.4, -0.2) is 31.0 Å². The number of alkyl halides is 8. The van der Waals surface area contributed by atoms with Crippen molar-refractivity contribution in [3.8, 4) is 0 Å². The van der Waals surface area contributed by atoms with E-state index in [1.54, 1.807) is 0 Å². The standard InChI is InChI=1S/C6H6F8O/c1-4(9,10)5(11,12)2-15-6(13,14)3(7)8/h3H,2H2,1H3. The van der Waals surface area contributed by atoms with Gasteiger partial charge in [0.25, 0.3) is 0 Å². The minimum absolute atomic E-state index is 0.239. The van der Waals surface area contributed by atoms with Crippen LogP contribution in [0, 0.1) is 0 Å². The maximum Gasteiger partial charge on any atom is 0.416 e. The Bertz CT molecular complexity index is 208. The lowest BCUT2D eigenvalue weighted by atomic mass is 10.2. The van der Waals surface area contributed by atoms with Gasteiger partial charge in [0.05, 0.1) is 0 Å². The van der Waals surface area contributed by atoms with Crippen LogP contribution in [0.4, 0.5) is 35.1 Å². The van der Waals surface area contributed by atoms with E-state index in [4.69, 9.17) is 0 Å². The van der Waals surface area contributed by atoms with Gasteiger partial charge in [-0.3, -0.25) is 0 Å². The Hall–Kier alpha value is -0.600. The largest absolute Gasteiger partial charge is 0.416 e. The van der Waals surface area contributed by atoms with Gasteiger partial charge in [-0.1, -0.05) is 0 Å². The van der Waals surface area contributed by atoms with Crippen molar-refractivity contribution in [1.82, 2.24) is 0 Å². The van der Waals surface area contributed by atoms with Gasteiger partial charge in [0, 0.05) is 6.92 Å². The van der Waals surface area contributed by atoms with Crippen molar-refractivity contribution in [3.05, 3.63) is 0 Å².